The van der Waals surface area contributed by atoms with Crippen LogP contribution < -0.4 is 16.8 Å². The van der Waals surface area contributed by atoms with Crippen molar-refractivity contribution < 1.29 is 0 Å². The molecule has 4 rings (SSSR count). The summed E-state index contributed by atoms with van der Waals surface area (Å²) in [5.41, 5.74) is 17.0. The van der Waals surface area contributed by atoms with E-state index < -0.39 is 0 Å². The van der Waals surface area contributed by atoms with Gasteiger partial charge in [0.1, 0.15) is 5.82 Å². The van der Waals surface area contributed by atoms with E-state index in [9.17, 15) is 0 Å². The summed E-state index contributed by atoms with van der Waals surface area (Å²) in [6.45, 7) is 2.08. The summed E-state index contributed by atoms with van der Waals surface area (Å²) < 4.78 is 1.79. The van der Waals surface area contributed by atoms with Gasteiger partial charge in [-0.1, -0.05) is 18.2 Å². The summed E-state index contributed by atoms with van der Waals surface area (Å²) in [6, 6.07) is 10.3. The lowest BCUT2D eigenvalue weighted by Gasteiger charge is -2.24. The Kier molecular flexibility index (Phi) is 4.05. The van der Waals surface area contributed by atoms with Crippen LogP contribution in [0.2, 0.25) is 0 Å². The van der Waals surface area contributed by atoms with Crippen molar-refractivity contribution in [2.45, 2.75) is 44.6 Å². The van der Waals surface area contributed by atoms with Crippen molar-refractivity contribution in [3.8, 4) is 0 Å². The minimum atomic E-state index is 0.334. The lowest BCUT2D eigenvalue weighted by molar-refractivity contribution is 0.391. The molecule has 5 N–H and O–H groups in total. The minimum Gasteiger partial charge on any atom is -0.382 e. The molecular weight excluding hydrogens is 312 g/mol. The minimum absolute atomic E-state index is 0.334. The fourth-order valence-electron chi connectivity index (χ4n) is 3.58. The topological polar surface area (TPSA) is 94.3 Å². The Morgan fingerprint density at radius 1 is 1.12 bits per heavy atom. The van der Waals surface area contributed by atoms with Crippen LogP contribution in [-0.4, -0.2) is 20.6 Å². The summed E-state index contributed by atoms with van der Waals surface area (Å²) in [7, 11) is 0. The maximum Gasteiger partial charge on any atom is 0.177 e. The van der Waals surface area contributed by atoms with E-state index >= 15 is 0 Å². The fraction of sp³-hybridized carbons (Fsp3) is 0.368. The number of aryl methyl sites for hydroxylation is 1. The van der Waals surface area contributed by atoms with E-state index in [-0.39, 0.29) is 0 Å². The Bertz CT molecular complexity index is 892. The maximum absolute atomic E-state index is 6.03. The normalized spacial score (nSPS) is 20.7. The number of fused-ring (bicyclic) bond motifs is 1. The van der Waals surface area contributed by atoms with Gasteiger partial charge in [-0.15, -0.1) is 5.10 Å². The molecule has 1 fully saturated rings. The Morgan fingerprint density at radius 3 is 2.64 bits per heavy atom. The zero-order valence-corrected chi connectivity index (χ0v) is 14.4. The van der Waals surface area contributed by atoms with Crippen LogP contribution in [0.15, 0.2) is 36.5 Å². The van der Waals surface area contributed by atoms with Crippen molar-refractivity contribution in [3.63, 3.8) is 0 Å². The number of nitrogen functional groups attached to an aromatic ring is 1. The molecule has 130 valence electrons. The molecular formula is C19H24N6. The van der Waals surface area contributed by atoms with E-state index in [0.29, 0.717) is 17.8 Å². The lowest BCUT2D eigenvalue weighted by atomic mass is 9.85. The molecule has 0 radical (unpaired) electrons. The molecule has 0 unspecified atom stereocenters. The molecule has 0 bridgehead atoms. The van der Waals surface area contributed by atoms with Crippen molar-refractivity contribution >= 4 is 22.8 Å². The van der Waals surface area contributed by atoms with E-state index in [1.807, 2.05) is 24.4 Å². The number of anilines is 3. The molecule has 1 saturated carbocycles. The highest BCUT2D eigenvalue weighted by molar-refractivity contribution is 5.76. The third-order valence-electron chi connectivity index (χ3n) is 5.07. The first kappa shape index (κ1) is 15.9. The molecule has 0 amide bonds. The quantitative estimate of drug-likeness (QED) is 0.682. The van der Waals surface area contributed by atoms with Gasteiger partial charge in [-0.25, -0.2) is 9.50 Å². The van der Waals surface area contributed by atoms with Crippen LogP contribution in [0.4, 0.5) is 17.2 Å². The first-order chi connectivity index (χ1) is 12.1. The molecule has 3 aromatic rings. The second kappa shape index (κ2) is 6.37. The van der Waals surface area contributed by atoms with Crippen LogP contribution in [0.25, 0.3) is 5.65 Å². The fourth-order valence-corrected chi connectivity index (χ4v) is 3.58. The molecule has 1 aliphatic rings. The number of nitrogens with two attached hydrogens (primary N) is 2. The van der Waals surface area contributed by atoms with E-state index in [0.717, 1.165) is 48.4 Å². The van der Waals surface area contributed by atoms with Gasteiger partial charge in [0.15, 0.2) is 5.65 Å². The van der Waals surface area contributed by atoms with Crippen LogP contribution in [0, 0.1) is 6.92 Å². The molecule has 2 heterocycles. The lowest BCUT2D eigenvalue weighted by Crippen LogP contribution is -2.25. The number of benzene rings is 1. The first-order valence-corrected chi connectivity index (χ1v) is 8.84. The van der Waals surface area contributed by atoms with Crippen LogP contribution in [0.5, 0.6) is 0 Å². The second-order valence-corrected chi connectivity index (χ2v) is 6.97. The highest BCUT2D eigenvalue weighted by Gasteiger charge is 2.23. The Morgan fingerprint density at radius 2 is 1.88 bits per heavy atom. The van der Waals surface area contributed by atoms with Gasteiger partial charge in [0.25, 0.3) is 0 Å². The maximum atomic E-state index is 6.03. The Labute approximate surface area is 147 Å². The molecule has 1 aliphatic carbocycles. The predicted octanol–water partition coefficient (Wildman–Crippen LogP) is 3.35. The number of para-hydroxylation sites is 1. The summed E-state index contributed by atoms with van der Waals surface area (Å²) in [5.74, 6) is 0.923. The highest BCUT2D eigenvalue weighted by atomic mass is 15.3. The van der Waals surface area contributed by atoms with Gasteiger partial charge in [-0.3, -0.25) is 0 Å². The van der Waals surface area contributed by atoms with Crippen molar-refractivity contribution in [2.75, 3.05) is 11.1 Å². The number of imidazole rings is 1. The average Bonchev–Trinajstić information content (AvgIpc) is 3.01. The molecule has 6 nitrogen and oxygen atoms in total. The third kappa shape index (κ3) is 3.17. The van der Waals surface area contributed by atoms with Crippen LogP contribution in [0.3, 0.4) is 0 Å². The van der Waals surface area contributed by atoms with Gasteiger partial charge in [-0.2, -0.15) is 0 Å². The molecule has 0 spiro atoms. The third-order valence-corrected chi connectivity index (χ3v) is 5.07. The van der Waals surface area contributed by atoms with E-state index in [1.165, 1.54) is 5.56 Å². The first-order valence-electron chi connectivity index (χ1n) is 8.84. The standard InChI is InChI=1S/C19H24N6/c1-12-4-2-3-5-15(12)22-16-10-18(21)24-25-11-17(23-19(16)25)13-6-8-14(20)9-7-13/h2-5,10-11,13-14,22H,6-9,20H2,1H3,(H2,21,24). The van der Waals surface area contributed by atoms with Crippen LogP contribution >= 0.6 is 0 Å². The molecule has 0 saturated heterocycles. The molecule has 2 aromatic heterocycles. The summed E-state index contributed by atoms with van der Waals surface area (Å²) in [5, 5.41) is 7.85. The number of hydrogen-bond acceptors (Lipinski definition) is 5. The van der Waals surface area contributed by atoms with Crippen molar-refractivity contribution in [3.05, 3.63) is 47.8 Å². The van der Waals surface area contributed by atoms with E-state index in [4.69, 9.17) is 16.5 Å². The van der Waals surface area contributed by atoms with Crippen molar-refractivity contribution in [2.24, 2.45) is 5.73 Å². The van der Waals surface area contributed by atoms with E-state index in [1.54, 1.807) is 4.52 Å². The van der Waals surface area contributed by atoms with Gasteiger partial charge < -0.3 is 16.8 Å². The summed E-state index contributed by atoms with van der Waals surface area (Å²) in [4.78, 5) is 4.87. The Balaban J connectivity index is 1.71. The van der Waals surface area contributed by atoms with Gasteiger partial charge >= 0.3 is 0 Å². The number of nitrogens with one attached hydrogen (secondary N) is 1. The average molecular weight is 336 g/mol. The van der Waals surface area contributed by atoms with Gasteiger partial charge in [0.2, 0.25) is 0 Å². The van der Waals surface area contributed by atoms with Crippen LogP contribution in [0.1, 0.15) is 42.9 Å². The smallest absolute Gasteiger partial charge is 0.177 e. The number of aromatic nitrogens is 3. The summed E-state index contributed by atoms with van der Waals surface area (Å²) >= 11 is 0. The SMILES string of the molecule is Cc1ccccc1Nc1cc(N)nn2cc(C3CCC(N)CC3)nc12. The van der Waals surface area contributed by atoms with Crippen molar-refractivity contribution in [1.29, 1.82) is 0 Å². The van der Waals surface area contributed by atoms with Gasteiger partial charge in [0.05, 0.1) is 17.6 Å². The predicted molar refractivity (Wildman–Crippen MR) is 101 cm³/mol. The second-order valence-electron chi connectivity index (χ2n) is 6.97. The van der Waals surface area contributed by atoms with Crippen LogP contribution in [-0.2, 0) is 0 Å². The largest absolute Gasteiger partial charge is 0.382 e. The zero-order valence-electron chi connectivity index (χ0n) is 14.4. The number of rotatable bonds is 3. The number of hydrogen-bond donors (Lipinski definition) is 3. The van der Waals surface area contributed by atoms with Gasteiger partial charge in [-0.05, 0) is 44.2 Å². The van der Waals surface area contributed by atoms with E-state index in [2.05, 4.69) is 29.5 Å². The molecule has 0 atom stereocenters. The number of nitrogens with zero attached hydrogens (tertiary/aromatic N) is 3. The molecule has 6 heteroatoms. The molecule has 25 heavy (non-hydrogen) atoms. The zero-order chi connectivity index (χ0) is 17.4. The highest BCUT2D eigenvalue weighted by Crippen LogP contribution is 2.33. The molecule has 0 aliphatic heterocycles. The summed E-state index contributed by atoms with van der Waals surface area (Å²) in [6.07, 6.45) is 6.29. The molecule has 1 aromatic carbocycles. The monoisotopic (exact) mass is 336 g/mol. The Hall–Kier alpha value is -2.60. The van der Waals surface area contributed by atoms with Gasteiger partial charge in [0, 0.05) is 23.7 Å². The van der Waals surface area contributed by atoms with Crippen molar-refractivity contribution in [1.82, 2.24) is 14.6 Å².